The van der Waals surface area contributed by atoms with E-state index in [1.54, 1.807) is 0 Å². The Kier molecular flexibility index (Phi) is 3.16. The Labute approximate surface area is 99.6 Å². The van der Waals surface area contributed by atoms with Crippen molar-refractivity contribution in [2.24, 2.45) is 5.73 Å². The van der Waals surface area contributed by atoms with Gasteiger partial charge in [0.1, 0.15) is 0 Å². The number of amidine groups is 1. The van der Waals surface area contributed by atoms with Gasteiger partial charge in [0.05, 0.1) is 18.4 Å². The topological polar surface area (TPSA) is 116 Å². The Balaban J connectivity index is 2.18. The first-order valence-electron chi connectivity index (χ1n) is 5.35. The summed E-state index contributed by atoms with van der Waals surface area (Å²) in [6.45, 7) is 0.251. The van der Waals surface area contributed by atoms with E-state index in [2.05, 4.69) is 9.97 Å². The minimum Gasteiger partial charge on any atom is -0.388 e. The van der Waals surface area contributed by atoms with Gasteiger partial charge >= 0.3 is 0 Å². The molecule has 1 saturated carbocycles. The van der Waals surface area contributed by atoms with E-state index in [0.717, 1.165) is 12.8 Å². The molecule has 4 N–H and O–H groups in total. The van der Waals surface area contributed by atoms with Gasteiger partial charge in [-0.15, -0.1) is 0 Å². The minimum absolute atomic E-state index is 0.00420. The van der Waals surface area contributed by atoms with Gasteiger partial charge in [-0.3, -0.25) is 5.41 Å². The zero-order valence-electron chi connectivity index (χ0n) is 9.26. The fraction of sp³-hybridized carbons (Fsp3) is 0.556. The summed E-state index contributed by atoms with van der Waals surface area (Å²) in [6, 6.07) is 0.0441. The van der Waals surface area contributed by atoms with Crippen molar-refractivity contribution >= 4 is 15.9 Å². The maximum atomic E-state index is 12.2. The van der Waals surface area contributed by atoms with Crippen molar-refractivity contribution in [1.82, 2.24) is 14.3 Å². The highest BCUT2D eigenvalue weighted by molar-refractivity contribution is 7.89. The highest BCUT2D eigenvalue weighted by Crippen LogP contribution is 2.31. The van der Waals surface area contributed by atoms with E-state index in [4.69, 9.17) is 11.1 Å². The number of aromatic amines is 1. The lowest BCUT2D eigenvalue weighted by Gasteiger charge is -2.20. The predicted octanol–water partition coefficient (Wildman–Crippen LogP) is -0.111. The molecule has 0 saturated heterocycles. The van der Waals surface area contributed by atoms with Crippen molar-refractivity contribution in [3.05, 3.63) is 12.5 Å². The van der Waals surface area contributed by atoms with Crippen LogP contribution in [0.2, 0.25) is 0 Å². The normalized spacial score (nSPS) is 16.3. The molecule has 1 heterocycles. The van der Waals surface area contributed by atoms with Gasteiger partial charge in [0.25, 0.3) is 10.0 Å². The van der Waals surface area contributed by atoms with Gasteiger partial charge in [0, 0.05) is 19.0 Å². The molecule has 2 rings (SSSR count). The number of rotatable bonds is 6. The molecule has 1 aromatic heterocycles. The Hall–Kier alpha value is -1.41. The summed E-state index contributed by atoms with van der Waals surface area (Å²) in [4.78, 5) is 6.32. The molecule has 1 aliphatic rings. The highest BCUT2D eigenvalue weighted by atomic mass is 32.2. The first-order valence-corrected chi connectivity index (χ1v) is 6.79. The fourth-order valence-corrected chi connectivity index (χ4v) is 3.19. The molecule has 94 valence electrons. The lowest BCUT2D eigenvalue weighted by Crippen LogP contribution is -2.35. The van der Waals surface area contributed by atoms with Crippen molar-refractivity contribution in [2.75, 3.05) is 6.54 Å². The van der Waals surface area contributed by atoms with Gasteiger partial charge < -0.3 is 10.7 Å². The molecule has 17 heavy (non-hydrogen) atoms. The predicted molar refractivity (Wildman–Crippen MR) is 62.0 cm³/mol. The zero-order chi connectivity index (χ0) is 12.5. The summed E-state index contributed by atoms with van der Waals surface area (Å²) < 4.78 is 25.9. The summed E-state index contributed by atoms with van der Waals surface area (Å²) in [6.07, 6.45) is 4.61. The van der Waals surface area contributed by atoms with Crippen molar-refractivity contribution in [1.29, 1.82) is 5.41 Å². The third-order valence-corrected chi connectivity index (χ3v) is 4.49. The summed E-state index contributed by atoms with van der Waals surface area (Å²) in [5.41, 5.74) is 5.26. The number of sulfonamides is 1. The van der Waals surface area contributed by atoms with E-state index in [1.165, 1.54) is 16.8 Å². The standard InChI is InChI=1S/C9H15N5O2S/c10-8(11)3-4-14(7-1-2-7)17(15,16)9-5-12-6-13-9/h5-7H,1-4H2,(H3,10,11)(H,12,13). The van der Waals surface area contributed by atoms with Crippen LogP contribution in [0.3, 0.4) is 0 Å². The fourth-order valence-electron chi connectivity index (χ4n) is 1.60. The molecular formula is C9H15N5O2S. The van der Waals surface area contributed by atoms with E-state index in [0.29, 0.717) is 0 Å². The number of nitrogens with one attached hydrogen (secondary N) is 2. The maximum Gasteiger partial charge on any atom is 0.260 e. The van der Waals surface area contributed by atoms with Crippen LogP contribution in [0.15, 0.2) is 17.6 Å². The van der Waals surface area contributed by atoms with Gasteiger partial charge in [0.15, 0.2) is 5.03 Å². The second-order valence-electron chi connectivity index (χ2n) is 4.04. The molecule has 0 aromatic carbocycles. The average molecular weight is 257 g/mol. The zero-order valence-corrected chi connectivity index (χ0v) is 10.1. The van der Waals surface area contributed by atoms with Gasteiger partial charge in [0.2, 0.25) is 0 Å². The first-order chi connectivity index (χ1) is 8.01. The van der Waals surface area contributed by atoms with Gasteiger partial charge in [-0.1, -0.05) is 0 Å². The van der Waals surface area contributed by atoms with E-state index in [9.17, 15) is 8.42 Å². The number of nitrogens with two attached hydrogens (primary N) is 1. The molecule has 0 aliphatic heterocycles. The van der Waals surface area contributed by atoms with Crippen LogP contribution < -0.4 is 5.73 Å². The first kappa shape index (κ1) is 12.1. The van der Waals surface area contributed by atoms with Gasteiger partial charge in [-0.2, -0.15) is 4.31 Å². The molecule has 0 atom stereocenters. The monoisotopic (exact) mass is 257 g/mol. The molecular weight excluding hydrogens is 242 g/mol. The number of hydrogen-bond donors (Lipinski definition) is 3. The van der Waals surface area contributed by atoms with Crippen molar-refractivity contribution in [3.63, 3.8) is 0 Å². The Morgan fingerprint density at radius 3 is 2.82 bits per heavy atom. The third-order valence-electron chi connectivity index (χ3n) is 2.62. The van der Waals surface area contributed by atoms with Crippen LogP contribution in [0.4, 0.5) is 0 Å². The average Bonchev–Trinajstić information content (AvgIpc) is 2.92. The van der Waals surface area contributed by atoms with Gasteiger partial charge in [-0.25, -0.2) is 13.4 Å². The molecule has 0 spiro atoms. The summed E-state index contributed by atoms with van der Waals surface area (Å²) >= 11 is 0. The van der Waals surface area contributed by atoms with Crippen molar-refractivity contribution in [2.45, 2.75) is 30.3 Å². The van der Waals surface area contributed by atoms with Crippen LogP contribution in [-0.2, 0) is 10.0 Å². The van der Waals surface area contributed by atoms with Crippen LogP contribution in [0.25, 0.3) is 0 Å². The largest absolute Gasteiger partial charge is 0.388 e. The van der Waals surface area contributed by atoms with Crippen LogP contribution >= 0.6 is 0 Å². The summed E-state index contributed by atoms with van der Waals surface area (Å²) in [5, 5.41) is 7.25. The number of H-pyrrole nitrogens is 1. The van der Waals surface area contributed by atoms with Crippen molar-refractivity contribution < 1.29 is 8.42 Å². The van der Waals surface area contributed by atoms with Gasteiger partial charge in [-0.05, 0) is 12.8 Å². The lowest BCUT2D eigenvalue weighted by atomic mass is 10.4. The Bertz CT molecular complexity index is 491. The molecule has 0 amide bonds. The quantitative estimate of drug-likeness (QED) is 0.487. The number of aromatic nitrogens is 2. The molecule has 8 heteroatoms. The molecule has 1 fully saturated rings. The molecule has 0 unspecified atom stereocenters. The second kappa shape index (κ2) is 4.46. The second-order valence-corrected chi connectivity index (χ2v) is 5.90. The SMILES string of the molecule is N=C(N)CCN(C1CC1)S(=O)(=O)c1cnc[nH]1. The summed E-state index contributed by atoms with van der Waals surface area (Å²) in [7, 11) is -3.53. The van der Waals surface area contributed by atoms with Crippen LogP contribution in [-0.4, -0.2) is 41.1 Å². The maximum absolute atomic E-state index is 12.2. The van der Waals surface area contributed by atoms with Crippen LogP contribution in [0.1, 0.15) is 19.3 Å². The number of nitrogens with zero attached hydrogens (tertiary/aromatic N) is 2. The van der Waals surface area contributed by atoms with E-state index < -0.39 is 10.0 Å². The molecule has 1 aromatic rings. The van der Waals surface area contributed by atoms with E-state index in [1.807, 2.05) is 0 Å². The molecule has 1 aliphatic carbocycles. The number of imidazole rings is 1. The lowest BCUT2D eigenvalue weighted by molar-refractivity contribution is 0.410. The third kappa shape index (κ3) is 2.64. The summed E-state index contributed by atoms with van der Waals surface area (Å²) in [5.74, 6) is -0.00420. The molecule has 0 bridgehead atoms. The molecule has 7 nitrogen and oxygen atoms in total. The van der Waals surface area contributed by atoms with E-state index >= 15 is 0 Å². The highest BCUT2D eigenvalue weighted by Gasteiger charge is 2.38. The number of hydrogen-bond acceptors (Lipinski definition) is 4. The Morgan fingerprint density at radius 1 is 1.65 bits per heavy atom. The van der Waals surface area contributed by atoms with Crippen LogP contribution in [0, 0.1) is 5.41 Å². The van der Waals surface area contributed by atoms with E-state index in [-0.39, 0.29) is 29.9 Å². The molecule has 0 radical (unpaired) electrons. The van der Waals surface area contributed by atoms with Crippen molar-refractivity contribution in [3.8, 4) is 0 Å². The van der Waals surface area contributed by atoms with Crippen LogP contribution in [0.5, 0.6) is 0 Å². The minimum atomic E-state index is -3.53. The Morgan fingerprint density at radius 2 is 2.35 bits per heavy atom. The smallest absolute Gasteiger partial charge is 0.260 e.